The predicted octanol–water partition coefficient (Wildman–Crippen LogP) is 4.54. The van der Waals surface area contributed by atoms with Crippen LogP contribution in [0.4, 0.5) is 5.82 Å². The minimum atomic E-state index is 0.325. The lowest BCUT2D eigenvalue weighted by Gasteiger charge is -2.11. The third-order valence-electron chi connectivity index (χ3n) is 4.45. The molecule has 5 nitrogen and oxygen atoms in total. The van der Waals surface area contributed by atoms with E-state index in [0.717, 1.165) is 24.8 Å². The fourth-order valence-electron chi connectivity index (χ4n) is 2.69. The Balaban J connectivity index is 2.16. The zero-order valence-electron chi connectivity index (χ0n) is 15.7. The average Bonchev–Trinajstić information content (AvgIpc) is 2.89. The SMILES string of the molecule is CCCCCn1nc(OCc2cc(C(C)C)ccc2C)c(C#N)c1N. The van der Waals surface area contributed by atoms with Crippen molar-refractivity contribution in [2.45, 2.75) is 66.0 Å². The molecule has 0 bridgehead atoms. The normalized spacial score (nSPS) is 10.9. The summed E-state index contributed by atoms with van der Waals surface area (Å²) in [4.78, 5) is 0. The Hall–Kier alpha value is -2.48. The molecule has 1 aromatic carbocycles. The zero-order valence-corrected chi connectivity index (χ0v) is 15.7. The first kappa shape index (κ1) is 18.9. The van der Waals surface area contributed by atoms with E-state index in [4.69, 9.17) is 10.5 Å². The van der Waals surface area contributed by atoms with Gasteiger partial charge in [0.05, 0.1) is 0 Å². The number of nitrogens with two attached hydrogens (primary N) is 1. The van der Waals surface area contributed by atoms with Gasteiger partial charge in [-0.3, -0.25) is 0 Å². The number of nitrogen functional groups attached to an aromatic ring is 1. The van der Waals surface area contributed by atoms with Crippen LogP contribution in [0.5, 0.6) is 5.88 Å². The number of aromatic nitrogens is 2. The van der Waals surface area contributed by atoms with Crippen LogP contribution in [0.15, 0.2) is 18.2 Å². The molecule has 5 heteroatoms. The molecule has 134 valence electrons. The Kier molecular flexibility index (Phi) is 6.46. The minimum Gasteiger partial charge on any atom is -0.471 e. The fraction of sp³-hybridized carbons (Fsp3) is 0.500. The second-order valence-electron chi connectivity index (χ2n) is 6.74. The summed E-state index contributed by atoms with van der Waals surface area (Å²) in [5, 5.41) is 13.8. The molecule has 0 atom stereocenters. The molecule has 25 heavy (non-hydrogen) atoms. The molecule has 0 aliphatic heterocycles. The van der Waals surface area contributed by atoms with Crippen LogP contribution in [0.3, 0.4) is 0 Å². The molecule has 0 unspecified atom stereocenters. The topological polar surface area (TPSA) is 76.9 Å². The molecule has 2 rings (SSSR count). The molecule has 1 aromatic heterocycles. The molecule has 0 amide bonds. The molecule has 2 N–H and O–H groups in total. The molecule has 0 saturated carbocycles. The van der Waals surface area contributed by atoms with E-state index in [9.17, 15) is 5.26 Å². The summed E-state index contributed by atoms with van der Waals surface area (Å²) in [6, 6.07) is 8.53. The Morgan fingerprint density at radius 3 is 2.72 bits per heavy atom. The summed E-state index contributed by atoms with van der Waals surface area (Å²) in [5.74, 6) is 1.18. The highest BCUT2D eigenvalue weighted by Gasteiger charge is 2.17. The summed E-state index contributed by atoms with van der Waals surface area (Å²) in [6.45, 7) is 9.64. The summed E-state index contributed by atoms with van der Waals surface area (Å²) in [6.07, 6.45) is 3.22. The molecular formula is C20H28N4O. The number of rotatable bonds is 8. The minimum absolute atomic E-state index is 0.325. The van der Waals surface area contributed by atoms with Gasteiger partial charge >= 0.3 is 0 Å². The molecule has 0 fully saturated rings. The van der Waals surface area contributed by atoms with E-state index in [-0.39, 0.29) is 0 Å². The largest absolute Gasteiger partial charge is 0.471 e. The molecule has 1 heterocycles. The summed E-state index contributed by atoms with van der Waals surface area (Å²) < 4.78 is 7.54. The zero-order chi connectivity index (χ0) is 18.4. The Morgan fingerprint density at radius 1 is 1.32 bits per heavy atom. The smallest absolute Gasteiger partial charge is 0.253 e. The van der Waals surface area contributed by atoms with E-state index in [1.165, 1.54) is 11.1 Å². The van der Waals surface area contributed by atoms with E-state index in [2.05, 4.69) is 57.1 Å². The van der Waals surface area contributed by atoms with Crippen LogP contribution in [-0.2, 0) is 13.2 Å². The Labute approximate surface area is 150 Å². The van der Waals surface area contributed by atoms with Crippen LogP contribution in [-0.4, -0.2) is 9.78 Å². The van der Waals surface area contributed by atoms with Gasteiger partial charge in [0.25, 0.3) is 5.88 Å². The van der Waals surface area contributed by atoms with Crippen LogP contribution in [0.1, 0.15) is 68.2 Å². The van der Waals surface area contributed by atoms with Gasteiger partial charge in [-0.05, 0) is 36.0 Å². The number of ether oxygens (including phenoxy) is 1. The molecule has 0 aliphatic carbocycles. The number of anilines is 1. The van der Waals surface area contributed by atoms with Crippen LogP contribution in [0.2, 0.25) is 0 Å². The molecular weight excluding hydrogens is 312 g/mol. The number of nitriles is 1. The number of benzene rings is 1. The second-order valence-corrected chi connectivity index (χ2v) is 6.74. The van der Waals surface area contributed by atoms with Crippen LogP contribution in [0.25, 0.3) is 0 Å². The van der Waals surface area contributed by atoms with E-state index in [1.54, 1.807) is 4.68 Å². The highest BCUT2D eigenvalue weighted by Crippen LogP contribution is 2.25. The monoisotopic (exact) mass is 340 g/mol. The number of aryl methyl sites for hydroxylation is 2. The van der Waals surface area contributed by atoms with Gasteiger partial charge in [0, 0.05) is 6.54 Å². The summed E-state index contributed by atoms with van der Waals surface area (Å²) >= 11 is 0. The lowest BCUT2D eigenvalue weighted by molar-refractivity contribution is 0.287. The van der Waals surface area contributed by atoms with Crippen molar-refractivity contribution in [1.82, 2.24) is 9.78 Å². The van der Waals surface area contributed by atoms with Crippen molar-refractivity contribution in [3.63, 3.8) is 0 Å². The second kappa shape index (κ2) is 8.57. The van der Waals surface area contributed by atoms with Crippen LogP contribution in [0, 0.1) is 18.3 Å². The van der Waals surface area contributed by atoms with Gasteiger partial charge in [-0.15, -0.1) is 5.10 Å². The van der Waals surface area contributed by atoms with E-state index >= 15 is 0 Å². The third kappa shape index (κ3) is 4.54. The van der Waals surface area contributed by atoms with Crippen molar-refractivity contribution in [2.24, 2.45) is 0 Å². The van der Waals surface area contributed by atoms with Crippen molar-refractivity contribution >= 4 is 5.82 Å². The van der Waals surface area contributed by atoms with E-state index in [1.807, 2.05) is 0 Å². The van der Waals surface area contributed by atoms with E-state index < -0.39 is 0 Å². The maximum absolute atomic E-state index is 9.39. The van der Waals surface area contributed by atoms with Crippen molar-refractivity contribution in [2.75, 3.05) is 5.73 Å². The predicted molar refractivity (Wildman–Crippen MR) is 100 cm³/mol. The highest BCUT2D eigenvalue weighted by atomic mass is 16.5. The van der Waals surface area contributed by atoms with Crippen molar-refractivity contribution < 1.29 is 4.74 Å². The third-order valence-corrected chi connectivity index (χ3v) is 4.45. The number of hydrogen-bond donors (Lipinski definition) is 1. The molecule has 0 aliphatic rings. The molecule has 0 spiro atoms. The lowest BCUT2D eigenvalue weighted by Crippen LogP contribution is -2.05. The quantitative estimate of drug-likeness (QED) is 0.716. The number of hydrogen-bond acceptors (Lipinski definition) is 4. The summed E-state index contributed by atoms with van der Waals surface area (Å²) in [7, 11) is 0. The van der Waals surface area contributed by atoms with Gasteiger partial charge in [-0.1, -0.05) is 51.8 Å². The maximum atomic E-state index is 9.39. The Bertz CT molecular complexity index is 756. The van der Waals surface area contributed by atoms with Crippen LogP contribution < -0.4 is 10.5 Å². The lowest BCUT2D eigenvalue weighted by atomic mass is 9.98. The number of nitrogens with zero attached hydrogens (tertiary/aromatic N) is 3. The molecule has 0 saturated heterocycles. The van der Waals surface area contributed by atoms with Gasteiger partial charge < -0.3 is 10.5 Å². The van der Waals surface area contributed by atoms with Gasteiger partial charge in [0.15, 0.2) is 5.56 Å². The molecule has 2 aromatic rings. The maximum Gasteiger partial charge on any atom is 0.253 e. The Morgan fingerprint density at radius 2 is 2.08 bits per heavy atom. The fourth-order valence-corrected chi connectivity index (χ4v) is 2.69. The summed E-state index contributed by atoms with van der Waals surface area (Å²) in [5.41, 5.74) is 9.93. The average molecular weight is 340 g/mol. The van der Waals surface area contributed by atoms with Gasteiger partial charge in [-0.25, -0.2) is 4.68 Å². The van der Waals surface area contributed by atoms with Crippen LogP contribution >= 0.6 is 0 Å². The van der Waals surface area contributed by atoms with E-state index in [0.29, 0.717) is 36.3 Å². The first-order valence-corrected chi connectivity index (χ1v) is 8.96. The van der Waals surface area contributed by atoms with Crippen molar-refractivity contribution in [3.8, 4) is 11.9 Å². The van der Waals surface area contributed by atoms with Gasteiger partial charge in [0.1, 0.15) is 18.5 Å². The van der Waals surface area contributed by atoms with Crippen molar-refractivity contribution in [3.05, 3.63) is 40.5 Å². The van der Waals surface area contributed by atoms with Gasteiger partial charge in [-0.2, -0.15) is 5.26 Å². The van der Waals surface area contributed by atoms with Crippen molar-refractivity contribution in [1.29, 1.82) is 5.26 Å². The van der Waals surface area contributed by atoms with Gasteiger partial charge in [0.2, 0.25) is 0 Å². The first-order valence-electron chi connectivity index (χ1n) is 8.96. The standard InChI is InChI=1S/C20H28N4O/c1-5-6-7-10-24-19(22)18(12-21)20(23-24)25-13-17-11-16(14(2)3)9-8-15(17)4/h8-9,11,14H,5-7,10,13,22H2,1-4H3. The first-order chi connectivity index (χ1) is 12.0. The molecule has 0 radical (unpaired) electrons. The number of unbranched alkanes of at least 4 members (excludes halogenated alkanes) is 2. The highest BCUT2D eigenvalue weighted by molar-refractivity contribution is 5.55.